The molecule has 0 aromatic carbocycles. The molecule has 1 atom stereocenters. The van der Waals surface area contributed by atoms with Gasteiger partial charge in [0.25, 0.3) is 0 Å². The molecule has 5 nitrogen and oxygen atoms in total. The zero-order valence-electron chi connectivity index (χ0n) is 10.1. The zero-order chi connectivity index (χ0) is 12.3. The summed E-state index contributed by atoms with van der Waals surface area (Å²) in [6.07, 6.45) is 1.43. The summed E-state index contributed by atoms with van der Waals surface area (Å²) in [5, 5.41) is 11.3. The van der Waals surface area contributed by atoms with Gasteiger partial charge in [-0.25, -0.2) is 0 Å². The third-order valence-corrected chi connectivity index (χ3v) is 2.91. The Kier molecular flexibility index (Phi) is 3.81. The molecule has 1 fully saturated rings. The van der Waals surface area contributed by atoms with E-state index in [0.717, 1.165) is 16.0 Å². The van der Waals surface area contributed by atoms with Crippen LogP contribution in [0.25, 0.3) is 0 Å². The second kappa shape index (κ2) is 5.33. The predicted molar refractivity (Wildman–Crippen MR) is 60.9 cm³/mol. The standard InChI is InChI=1S/C12H17NO4/c1-9-10(2)13(14)4-3-12(9)17-8-11-7-15-5-6-16-11/h3-4,11H,5-8H2,1-2H3. The number of hydrogen-bond acceptors (Lipinski definition) is 4. The Bertz CT molecular complexity index is 388. The molecule has 1 saturated heterocycles. The van der Waals surface area contributed by atoms with Crippen LogP contribution in [0, 0.1) is 19.1 Å². The van der Waals surface area contributed by atoms with Crippen molar-refractivity contribution in [3.05, 3.63) is 28.7 Å². The Morgan fingerprint density at radius 2 is 2.29 bits per heavy atom. The molecule has 0 bridgehead atoms. The maximum Gasteiger partial charge on any atom is 0.196 e. The lowest BCUT2D eigenvalue weighted by atomic mass is 10.2. The van der Waals surface area contributed by atoms with E-state index >= 15 is 0 Å². The Hall–Kier alpha value is -1.33. The van der Waals surface area contributed by atoms with E-state index in [1.54, 1.807) is 13.0 Å². The van der Waals surface area contributed by atoms with E-state index in [4.69, 9.17) is 14.2 Å². The van der Waals surface area contributed by atoms with Crippen molar-refractivity contribution in [2.45, 2.75) is 20.0 Å². The van der Waals surface area contributed by atoms with Gasteiger partial charge in [0.2, 0.25) is 0 Å². The Morgan fingerprint density at radius 1 is 1.47 bits per heavy atom. The van der Waals surface area contributed by atoms with Crippen LogP contribution in [-0.2, 0) is 9.47 Å². The molecule has 1 aliphatic rings. The summed E-state index contributed by atoms with van der Waals surface area (Å²) >= 11 is 0. The molecule has 0 radical (unpaired) electrons. The number of hydrogen-bond donors (Lipinski definition) is 0. The van der Waals surface area contributed by atoms with E-state index in [0.29, 0.717) is 32.1 Å². The number of aromatic nitrogens is 1. The first-order valence-corrected chi connectivity index (χ1v) is 5.70. The summed E-state index contributed by atoms with van der Waals surface area (Å²) in [5.74, 6) is 0.726. The van der Waals surface area contributed by atoms with Gasteiger partial charge in [-0.15, -0.1) is 0 Å². The van der Waals surface area contributed by atoms with Crippen LogP contribution in [0.5, 0.6) is 5.75 Å². The summed E-state index contributed by atoms with van der Waals surface area (Å²) in [5.41, 5.74) is 1.52. The first-order chi connectivity index (χ1) is 8.18. The van der Waals surface area contributed by atoms with Crippen LogP contribution in [0.2, 0.25) is 0 Å². The van der Waals surface area contributed by atoms with Crippen LogP contribution in [-0.4, -0.2) is 32.5 Å². The average molecular weight is 239 g/mol. The maximum atomic E-state index is 11.3. The lowest BCUT2D eigenvalue weighted by molar-refractivity contribution is -0.612. The van der Waals surface area contributed by atoms with E-state index in [1.165, 1.54) is 6.20 Å². The monoisotopic (exact) mass is 239 g/mol. The molecule has 94 valence electrons. The van der Waals surface area contributed by atoms with E-state index in [2.05, 4.69) is 0 Å². The molecule has 0 aliphatic carbocycles. The van der Waals surface area contributed by atoms with E-state index in [-0.39, 0.29) is 6.10 Å². The quantitative estimate of drug-likeness (QED) is 0.576. The molecular weight excluding hydrogens is 222 g/mol. The van der Waals surface area contributed by atoms with Crippen LogP contribution in [0.15, 0.2) is 12.3 Å². The van der Waals surface area contributed by atoms with Crippen molar-refractivity contribution in [3.63, 3.8) is 0 Å². The highest BCUT2D eigenvalue weighted by Crippen LogP contribution is 2.18. The van der Waals surface area contributed by atoms with Crippen LogP contribution < -0.4 is 9.47 Å². The second-order valence-electron chi connectivity index (χ2n) is 4.09. The van der Waals surface area contributed by atoms with Gasteiger partial charge in [-0.1, -0.05) is 0 Å². The highest BCUT2D eigenvalue weighted by molar-refractivity contribution is 5.31. The van der Waals surface area contributed by atoms with Gasteiger partial charge in [0, 0.05) is 13.0 Å². The third kappa shape index (κ3) is 2.87. The van der Waals surface area contributed by atoms with Gasteiger partial charge >= 0.3 is 0 Å². The van der Waals surface area contributed by atoms with E-state index in [1.807, 2.05) is 6.92 Å². The van der Waals surface area contributed by atoms with Crippen molar-refractivity contribution in [1.29, 1.82) is 0 Å². The highest BCUT2D eigenvalue weighted by Gasteiger charge is 2.16. The van der Waals surface area contributed by atoms with Gasteiger partial charge in [0.15, 0.2) is 11.9 Å². The normalized spacial score (nSPS) is 20.2. The van der Waals surface area contributed by atoms with Crippen molar-refractivity contribution >= 4 is 0 Å². The van der Waals surface area contributed by atoms with Crippen molar-refractivity contribution in [2.24, 2.45) is 0 Å². The second-order valence-corrected chi connectivity index (χ2v) is 4.09. The molecule has 1 aromatic rings. The first-order valence-electron chi connectivity index (χ1n) is 5.70. The molecule has 0 spiro atoms. The van der Waals surface area contributed by atoms with Gasteiger partial charge in [0.1, 0.15) is 18.5 Å². The van der Waals surface area contributed by atoms with Gasteiger partial charge < -0.3 is 19.4 Å². The van der Waals surface area contributed by atoms with E-state index in [9.17, 15) is 5.21 Å². The number of nitrogens with zero attached hydrogens (tertiary/aromatic N) is 1. The number of rotatable bonds is 3. The van der Waals surface area contributed by atoms with Crippen LogP contribution in [0.3, 0.4) is 0 Å². The Labute approximate surface area is 100 Å². The topological polar surface area (TPSA) is 54.6 Å². The molecule has 0 amide bonds. The smallest absolute Gasteiger partial charge is 0.196 e. The SMILES string of the molecule is Cc1c(OCC2COCCO2)cc[n+]([O-])c1C. The molecule has 17 heavy (non-hydrogen) atoms. The fraction of sp³-hybridized carbons (Fsp3) is 0.583. The molecule has 1 aromatic heterocycles. The Morgan fingerprint density at radius 3 is 3.00 bits per heavy atom. The lowest BCUT2D eigenvalue weighted by Gasteiger charge is -2.23. The van der Waals surface area contributed by atoms with Crippen molar-refractivity contribution in [1.82, 2.24) is 0 Å². The first kappa shape index (κ1) is 12.1. The minimum atomic E-state index is -0.0250. The summed E-state index contributed by atoms with van der Waals surface area (Å²) in [6.45, 7) is 5.92. The van der Waals surface area contributed by atoms with Gasteiger partial charge in [-0.05, 0) is 6.92 Å². The summed E-state index contributed by atoms with van der Waals surface area (Å²) in [4.78, 5) is 0. The van der Waals surface area contributed by atoms with E-state index < -0.39 is 0 Å². The highest BCUT2D eigenvalue weighted by atomic mass is 16.6. The molecule has 2 heterocycles. The largest absolute Gasteiger partial charge is 0.618 e. The molecular formula is C12H17NO4. The zero-order valence-corrected chi connectivity index (χ0v) is 10.1. The van der Waals surface area contributed by atoms with Crippen LogP contribution in [0.1, 0.15) is 11.3 Å². The summed E-state index contributed by atoms with van der Waals surface area (Å²) in [7, 11) is 0. The predicted octanol–water partition coefficient (Wildman–Crippen LogP) is 0.731. The third-order valence-electron chi connectivity index (χ3n) is 2.91. The van der Waals surface area contributed by atoms with Crippen LogP contribution in [0.4, 0.5) is 0 Å². The minimum absolute atomic E-state index is 0.0250. The molecule has 1 unspecified atom stereocenters. The number of ether oxygens (including phenoxy) is 3. The summed E-state index contributed by atoms with van der Waals surface area (Å²) in [6, 6.07) is 1.68. The molecule has 0 saturated carbocycles. The maximum absolute atomic E-state index is 11.3. The summed E-state index contributed by atoms with van der Waals surface area (Å²) < 4.78 is 17.3. The van der Waals surface area contributed by atoms with Crippen molar-refractivity contribution in [3.8, 4) is 5.75 Å². The van der Waals surface area contributed by atoms with Gasteiger partial charge in [-0.3, -0.25) is 0 Å². The Balaban J connectivity index is 1.96. The average Bonchev–Trinajstić information content (AvgIpc) is 2.36. The van der Waals surface area contributed by atoms with Gasteiger partial charge in [-0.2, -0.15) is 4.73 Å². The molecule has 5 heteroatoms. The van der Waals surface area contributed by atoms with Gasteiger partial charge in [0.05, 0.1) is 25.4 Å². The fourth-order valence-corrected chi connectivity index (χ4v) is 1.69. The van der Waals surface area contributed by atoms with Crippen molar-refractivity contribution in [2.75, 3.05) is 26.4 Å². The minimum Gasteiger partial charge on any atom is -0.618 e. The fourth-order valence-electron chi connectivity index (χ4n) is 1.69. The lowest BCUT2D eigenvalue weighted by Crippen LogP contribution is -2.34. The molecule has 1 aliphatic heterocycles. The van der Waals surface area contributed by atoms with Crippen molar-refractivity contribution < 1.29 is 18.9 Å². The molecule has 0 N–H and O–H groups in total. The molecule has 2 rings (SSSR count). The number of pyridine rings is 1. The van der Waals surface area contributed by atoms with Crippen LogP contribution >= 0.6 is 0 Å².